The number of aromatic amines is 3. The molecular formula is C71H106N24O20. The van der Waals surface area contributed by atoms with Crippen LogP contribution in [0, 0.1) is 11.8 Å². The number of H-pyrrole nitrogens is 3. The first kappa shape index (κ1) is 93.3. The molecule has 0 bridgehead atoms. The number of azide groups is 1. The molecule has 1 fully saturated rings. The lowest BCUT2D eigenvalue weighted by molar-refractivity contribution is -0.143. The fourth-order valence-electron chi connectivity index (χ4n) is 12.3. The lowest BCUT2D eigenvalue weighted by Gasteiger charge is -2.31. The molecule has 0 saturated carbocycles. The number of guanidine groups is 1. The number of carboxylic acids is 2. The van der Waals surface area contributed by atoms with E-state index in [-0.39, 0.29) is 113 Å². The second kappa shape index (κ2) is 46.0. The molecule has 1 aromatic carbocycles. The summed E-state index contributed by atoms with van der Waals surface area (Å²) in [5.41, 5.74) is 21.5. The summed E-state index contributed by atoms with van der Waals surface area (Å²) in [7, 11) is 0. The Labute approximate surface area is 660 Å². The molecule has 13 amide bonds. The molecule has 4 heterocycles. The van der Waals surface area contributed by atoms with E-state index < -0.39 is 199 Å². The molecule has 0 aliphatic carbocycles. The molecule has 5 rings (SSSR count). The number of aliphatic imine (C=N–C) groups is 1. The van der Waals surface area contributed by atoms with Crippen molar-refractivity contribution in [3.8, 4) is 0 Å². The molecule has 1 aliphatic heterocycles. The minimum atomic E-state index is -2.09. The molecule has 115 heavy (non-hydrogen) atoms. The minimum absolute atomic E-state index is 0.0294. The maximum Gasteiger partial charge on any atom is 0.322 e. The third-order valence-electron chi connectivity index (χ3n) is 18.1. The van der Waals surface area contributed by atoms with Crippen LogP contribution in [-0.4, -0.2) is 267 Å². The summed E-state index contributed by atoms with van der Waals surface area (Å²) in [6, 6.07) is -12.5. The number of likely N-dealkylation sites (tertiary alicyclic amines) is 1. The zero-order valence-electron chi connectivity index (χ0n) is 65.0. The molecular weight excluding hydrogens is 1510 g/mol. The summed E-state index contributed by atoms with van der Waals surface area (Å²) in [6.07, 6.45) is -0.308. The van der Waals surface area contributed by atoms with Crippen LogP contribution in [0.2, 0.25) is 0 Å². The highest BCUT2D eigenvalue weighted by atomic mass is 16.4. The highest BCUT2D eigenvalue weighted by Gasteiger charge is 2.43. The number of carboxylic acid groups (broad SMARTS) is 2. The monoisotopic (exact) mass is 1610 g/mol. The summed E-state index contributed by atoms with van der Waals surface area (Å²) >= 11 is 0. The summed E-state index contributed by atoms with van der Waals surface area (Å²) in [4.78, 5) is 232. The van der Waals surface area contributed by atoms with Crippen molar-refractivity contribution in [3.63, 3.8) is 0 Å². The molecule has 1 saturated heterocycles. The Morgan fingerprint density at radius 1 is 0.557 bits per heavy atom. The Bertz CT molecular complexity index is 4080. The third-order valence-corrected chi connectivity index (χ3v) is 18.1. The number of rotatable bonds is 48. The molecule has 0 unspecified atom stereocenters. The van der Waals surface area contributed by atoms with Crippen molar-refractivity contribution >= 4 is 106 Å². The highest BCUT2D eigenvalue weighted by molar-refractivity contribution is 6.01. The average Bonchev–Trinajstić information content (AvgIpc) is 1.66. The summed E-state index contributed by atoms with van der Waals surface area (Å²) in [5, 5.41) is 85.0. The van der Waals surface area contributed by atoms with E-state index in [1.807, 2.05) is 0 Å². The zero-order chi connectivity index (χ0) is 85.3. The summed E-state index contributed by atoms with van der Waals surface area (Å²) in [6.45, 7) is 10.6. The van der Waals surface area contributed by atoms with Crippen LogP contribution < -0.4 is 75.3 Å². The Hall–Kier alpha value is -12.3. The van der Waals surface area contributed by atoms with Gasteiger partial charge in [0, 0.05) is 91.1 Å². The molecule has 4 aromatic rings. The Morgan fingerprint density at radius 3 is 1.58 bits per heavy atom. The van der Waals surface area contributed by atoms with Gasteiger partial charge in [0.15, 0.2) is 5.96 Å². The molecule has 15 atom stereocenters. The third kappa shape index (κ3) is 30.6. The van der Waals surface area contributed by atoms with Gasteiger partial charge in [0.1, 0.15) is 79.0 Å². The fourth-order valence-corrected chi connectivity index (χ4v) is 12.3. The molecule has 0 radical (unpaired) electrons. The number of fused-ring (bicyclic) bond motifs is 1. The first-order chi connectivity index (χ1) is 54.4. The van der Waals surface area contributed by atoms with Crippen molar-refractivity contribution in [1.82, 2.24) is 93.6 Å². The number of nitrogens with zero attached hydrogens (tertiary/aromatic N) is 7. The number of carbonyl (C=O) groups excluding carboxylic acids is 13. The van der Waals surface area contributed by atoms with Crippen LogP contribution in [-0.2, 0) is 91.2 Å². The first-order valence-corrected chi connectivity index (χ1v) is 37.3. The van der Waals surface area contributed by atoms with Gasteiger partial charge in [0.25, 0.3) is 0 Å². The highest BCUT2D eigenvalue weighted by Crippen LogP contribution is 2.24. The SMILES string of the molecule is CC(C)C[C@H](NC(=O)CCCN=[N+]=[N-])C(=O)N[C@@H](CC(C)C)C(=O)N[C@@H](C)C(=O)N[C@@H](CC(=O)O)C(=O)N[C@H](C(=O)N[C@H](C(=O)N[C@@H](Cc1cnc[nH]1)C(=O)N[C@@H](Cc1cnc[nH]1)C(=O)N[C@@H](CCCN=C(N)N)C(=O)N1CCC[C@H]1C(=O)N[C@@H](Cc1c[nH]c2ccccc12)C(=O)N[C@H](C(=O)NCC(=O)O)[C@@H](C)O)[C@@H](C)O)[C@@H](C)O. The molecule has 630 valence electrons. The number of aliphatic carboxylic acids is 2. The van der Waals surface area contributed by atoms with Gasteiger partial charge < -0.3 is 121 Å². The van der Waals surface area contributed by atoms with Crippen LogP contribution in [0.15, 0.2) is 65.6 Å². The van der Waals surface area contributed by atoms with Gasteiger partial charge in [-0.05, 0) is 102 Å². The van der Waals surface area contributed by atoms with Gasteiger partial charge in [-0.25, -0.2) is 9.97 Å². The van der Waals surface area contributed by atoms with Crippen molar-refractivity contribution in [1.29, 1.82) is 0 Å². The number of nitrogens with one attached hydrogen (secondary N) is 15. The van der Waals surface area contributed by atoms with Gasteiger partial charge in [-0.3, -0.25) is 76.9 Å². The van der Waals surface area contributed by atoms with Gasteiger partial charge >= 0.3 is 11.9 Å². The van der Waals surface area contributed by atoms with Gasteiger partial charge in [0.05, 0.1) is 37.4 Å². The van der Waals surface area contributed by atoms with E-state index in [1.165, 1.54) is 43.8 Å². The number of aromatic nitrogens is 5. The molecule has 1 aliphatic rings. The first-order valence-electron chi connectivity index (χ1n) is 37.3. The number of benzene rings is 1. The fraction of sp³-hybridized carbons (Fsp3) is 0.577. The number of carbonyl (C=O) groups is 15. The number of amides is 13. The van der Waals surface area contributed by atoms with E-state index >= 15 is 4.79 Å². The Balaban J connectivity index is 1.36. The van der Waals surface area contributed by atoms with Crippen molar-refractivity contribution in [2.24, 2.45) is 33.4 Å². The van der Waals surface area contributed by atoms with E-state index in [4.69, 9.17) is 17.0 Å². The second-order valence-corrected chi connectivity index (χ2v) is 28.7. The maximum absolute atomic E-state index is 15.1. The van der Waals surface area contributed by atoms with E-state index in [9.17, 15) is 92.7 Å². The number of aliphatic hydroxyl groups is 3. The Morgan fingerprint density at radius 2 is 1.04 bits per heavy atom. The lowest BCUT2D eigenvalue weighted by atomic mass is 9.99. The molecule has 24 N–H and O–H groups in total. The predicted molar refractivity (Wildman–Crippen MR) is 408 cm³/mol. The van der Waals surface area contributed by atoms with Crippen LogP contribution in [0.25, 0.3) is 21.3 Å². The van der Waals surface area contributed by atoms with Crippen molar-refractivity contribution in [3.05, 3.63) is 82.9 Å². The smallest absolute Gasteiger partial charge is 0.322 e. The predicted octanol–water partition coefficient (Wildman–Crippen LogP) is -4.96. The topological polar surface area (TPSA) is 691 Å². The lowest BCUT2D eigenvalue weighted by Crippen LogP contribution is -2.63. The van der Waals surface area contributed by atoms with Crippen molar-refractivity contribution in [2.45, 2.75) is 223 Å². The molecule has 44 nitrogen and oxygen atoms in total. The van der Waals surface area contributed by atoms with E-state index in [0.717, 1.165) is 13.8 Å². The number of nitrogens with two attached hydrogens (primary N) is 2. The van der Waals surface area contributed by atoms with E-state index in [1.54, 1.807) is 58.2 Å². The van der Waals surface area contributed by atoms with Crippen molar-refractivity contribution in [2.75, 3.05) is 26.2 Å². The molecule has 44 heteroatoms. The van der Waals surface area contributed by atoms with Crippen LogP contribution in [0.4, 0.5) is 0 Å². The zero-order valence-corrected chi connectivity index (χ0v) is 65.0. The molecule has 3 aromatic heterocycles. The number of imidazole rings is 2. The standard InChI is InChI=1S/C71H106N24O20/c1-34(2)22-46(84-53(99)18-12-20-82-94-74)61(106)87-47(23-35(3)4)60(105)83-36(5)59(104)86-51(27-54(100)101)65(110)92-58(39(8)98)69(114)93-57(38(7)97)68(113)90-50(26-42-30-76-33-81-42)63(108)88-49(25-41-29-75-32-80-41)62(107)85-45(16-11-19-77-71(72)73)70(115)95-21-13-17-52(95)66(111)89-48(24-40-28-78-44-15-10-9-14-43(40)44)64(109)91-56(37(6)96)67(112)79-31-55(102)103/h9-10,14-15,28-30,32-39,45-52,56-58,78,96-98H,11-13,16-27,31H2,1-8H3,(H,75,80)(H,76,81)(H,79,112)(H,83,105)(H,84,99)(H,85,107)(H,86,104)(H,87,106)(H,88,108)(H,89,111)(H,90,113)(H,91,109)(H,92,110)(H,93,114)(H,100,101)(H,102,103)(H4,72,73,77)/t36-,37+,38+,39+,45-,46-,47-,48-,49-,50-,51-,52-,56-,57-,58-/m0/s1. The average molecular weight is 1620 g/mol. The van der Waals surface area contributed by atoms with Crippen LogP contribution in [0.5, 0.6) is 0 Å². The van der Waals surface area contributed by atoms with E-state index in [0.29, 0.717) is 16.5 Å². The summed E-state index contributed by atoms with van der Waals surface area (Å²) in [5.74, 6) is -16.8. The van der Waals surface area contributed by atoms with Crippen molar-refractivity contribution < 1.29 is 97.5 Å². The van der Waals surface area contributed by atoms with Gasteiger partial charge in [-0.2, -0.15) is 0 Å². The largest absolute Gasteiger partial charge is 0.481 e. The van der Waals surface area contributed by atoms with Gasteiger partial charge in [0.2, 0.25) is 76.8 Å². The quantitative estimate of drug-likeness (QED) is 0.00492. The molecule has 0 spiro atoms. The summed E-state index contributed by atoms with van der Waals surface area (Å²) < 4.78 is 0. The van der Waals surface area contributed by atoms with Gasteiger partial charge in [-0.15, -0.1) is 0 Å². The normalized spacial score (nSPS) is 16.2. The number of hydrogen-bond acceptors (Lipinski definition) is 22. The van der Waals surface area contributed by atoms with Gasteiger partial charge in [-0.1, -0.05) is 51.0 Å². The number of hydrogen-bond donors (Lipinski definition) is 22. The number of aliphatic hydroxyl groups excluding tert-OH is 3. The van der Waals surface area contributed by atoms with E-state index in [2.05, 4.69) is 104 Å². The maximum atomic E-state index is 15.1. The van der Waals surface area contributed by atoms with Crippen LogP contribution in [0.3, 0.4) is 0 Å². The second-order valence-electron chi connectivity index (χ2n) is 28.7. The van der Waals surface area contributed by atoms with Crippen LogP contribution in [0.1, 0.15) is 130 Å². The Kier molecular flexibility index (Phi) is 37.3. The number of para-hydroxylation sites is 1. The van der Waals surface area contributed by atoms with Crippen LogP contribution >= 0.6 is 0 Å². The minimum Gasteiger partial charge on any atom is -0.481 e.